The first-order valence-corrected chi connectivity index (χ1v) is 7.19. The predicted octanol–water partition coefficient (Wildman–Crippen LogP) is 2.26. The van der Waals surface area contributed by atoms with E-state index in [9.17, 15) is 9.18 Å². The topological polar surface area (TPSA) is 64.3 Å². The van der Waals surface area contributed by atoms with Crippen LogP contribution in [0.2, 0.25) is 0 Å². The van der Waals surface area contributed by atoms with E-state index < -0.39 is 5.82 Å². The van der Waals surface area contributed by atoms with Gasteiger partial charge >= 0.3 is 0 Å². The van der Waals surface area contributed by atoms with Crippen LogP contribution in [0.3, 0.4) is 0 Å². The molecule has 1 aromatic carbocycles. The van der Waals surface area contributed by atoms with Crippen molar-refractivity contribution in [2.45, 2.75) is 24.7 Å². The van der Waals surface area contributed by atoms with Crippen molar-refractivity contribution >= 4 is 29.0 Å². The minimum absolute atomic E-state index is 0.178. The van der Waals surface area contributed by atoms with Crippen molar-refractivity contribution in [1.82, 2.24) is 0 Å². The second kappa shape index (κ2) is 6.25. The molecule has 1 aromatic rings. The van der Waals surface area contributed by atoms with Crippen LogP contribution in [0.25, 0.3) is 0 Å². The summed E-state index contributed by atoms with van der Waals surface area (Å²) in [6, 6.07) is 3.92. The van der Waals surface area contributed by atoms with Crippen LogP contribution in [0, 0.1) is 5.82 Å². The zero-order valence-electron chi connectivity index (χ0n) is 10.7. The van der Waals surface area contributed by atoms with Crippen LogP contribution >= 0.6 is 11.8 Å². The highest BCUT2D eigenvalue weighted by Crippen LogP contribution is 2.26. The summed E-state index contributed by atoms with van der Waals surface area (Å²) < 4.78 is 18.5. The van der Waals surface area contributed by atoms with Crippen LogP contribution < -0.4 is 11.1 Å². The molecule has 0 bridgehead atoms. The molecular formula is C13H17FN2O2S. The van der Waals surface area contributed by atoms with Crippen molar-refractivity contribution in [2.24, 2.45) is 0 Å². The van der Waals surface area contributed by atoms with E-state index in [1.54, 1.807) is 11.8 Å². The van der Waals surface area contributed by atoms with E-state index in [0.717, 1.165) is 13.0 Å². The summed E-state index contributed by atoms with van der Waals surface area (Å²) in [6.07, 6.45) is 1.14. The Balaban J connectivity index is 1.85. The van der Waals surface area contributed by atoms with E-state index >= 15 is 0 Å². The van der Waals surface area contributed by atoms with Crippen molar-refractivity contribution < 1.29 is 13.9 Å². The van der Waals surface area contributed by atoms with Crippen LogP contribution in [0.5, 0.6) is 0 Å². The summed E-state index contributed by atoms with van der Waals surface area (Å²) in [5.41, 5.74) is 6.35. The van der Waals surface area contributed by atoms with Gasteiger partial charge in [-0.15, -0.1) is 11.8 Å². The fourth-order valence-electron chi connectivity index (χ4n) is 1.94. The smallest absolute Gasteiger partial charge is 0.234 e. The summed E-state index contributed by atoms with van der Waals surface area (Å²) in [7, 11) is 0. The number of amides is 1. The first-order chi connectivity index (χ1) is 9.06. The van der Waals surface area contributed by atoms with E-state index in [1.807, 2.05) is 6.92 Å². The van der Waals surface area contributed by atoms with Crippen LogP contribution in [-0.2, 0) is 9.53 Å². The van der Waals surface area contributed by atoms with Gasteiger partial charge in [0.15, 0.2) is 0 Å². The van der Waals surface area contributed by atoms with Gasteiger partial charge in [0, 0.05) is 11.9 Å². The number of halogens is 1. The van der Waals surface area contributed by atoms with Gasteiger partial charge in [-0.2, -0.15) is 0 Å². The molecule has 1 fully saturated rings. The first-order valence-electron chi connectivity index (χ1n) is 6.14. The Labute approximate surface area is 115 Å². The summed E-state index contributed by atoms with van der Waals surface area (Å²) in [6.45, 7) is 2.75. The molecule has 3 N–H and O–H groups in total. The van der Waals surface area contributed by atoms with Gasteiger partial charge in [0.2, 0.25) is 5.91 Å². The minimum Gasteiger partial charge on any atom is -0.397 e. The van der Waals surface area contributed by atoms with Crippen LogP contribution in [0.1, 0.15) is 13.3 Å². The number of hydrogen-bond donors (Lipinski definition) is 2. The molecule has 6 heteroatoms. The van der Waals surface area contributed by atoms with E-state index in [-0.39, 0.29) is 12.0 Å². The largest absolute Gasteiger partial charge is 0.397 e. The molecule has 0 aromatic heterocycles. The number of thioether (sulfide) groups is 1. The van der Waals surface area contributed by atoms with Crippen molar-refractivity contribution in [1.29, 1.82) is 0 Å². The van der Waals surface area contributed by atoms with Gasteiger partial charge in [-0.1, -0.05) is 0 Å². The molecule has 4 nitrogen and oxygen atoms in total. The molecule has 1 amide bonds. The molecule has 1 aliphatic heterocycles. The molecular weight excluding hydrogens is 267 g/mol. The van der Waals surface area contributed by atoms with Crippen molar-refractivity contribution in [3.05, 3.63) is 24.0 Å². The Morgan fingerprint density at radius 2 is 2.42 bits per heavy atom. The van der Waals surface area contributed by atoms with E-state index in [1.165, 1.54) is 18.2 Å². The number of nitrogens with two attached hydrogens (primary N) is 1. The fourth-order valence-corrected chi connectivity index (χ4v) is 2.99. The van der Waals surface area contributed by atoms with E-state index in [0.29, 0.717) is 22.4 Å². The number of carbonyl (C=O) groups is 1. The zero-order chi connectivity index (χ0) is 13.8. The van der Waals surface area contributed by atoms with Crippen LogP contribution in [0.4, 0.5) is 15.8 Å². The monoisotopic (exact) mass is 284 g/mol. The number of nitrogen functional groups attached to an aromatic ring is 1. The summed E-state index contributed by atoms with van der Waals surface area (Å²) >= 11 is 1.56. The summed E-state index contributed by atoms with van der Waals surface area (Å²) in [5.74, 6) is -0.287. The molecule has 1 heterocycles. The molecule has 0 saturated carbocycles. The second-order valence-electron chi connectivity index (χ2n) is 4.49. The third kappa shape index (κ3) is 3.84. The number of rotatable bonds is 4. The minimum atomic E-state index is -0.421. The predicted molar refractivity (Wildman–Crippen MR) is 75.7 cm³/mol. The van der Waals surface area contributed by atoms with Gasteiger partial charge in [0.1, 0.15) is 5.82 Å². The number of benzene rings is 1. The highest BCUT2D eigenvalue weighted by molar-refractivity contribution is 8.00. The number of nitrogens with one attached hydrogen (secondary N) is 1. The van der Waals surface area contributed by atoms with Gasteiger partial charge in [-0.3, -0.25) is 4.79 Å². The van der Waals surface area contributed by atoms with Gasteiger partial charge in [0.05, 0.1) is 23.2 Å². The van der Waals surface area contributed by atoms with Crippen molar-refractivity contribution in [3.8, 4) is 0 Å². The molecule has 2 atom stereocenters. The fraction of sp³-hybridized carbons (Fsp3) is 0.462. The number of hydrogen-bond acceptors (Lipinski definition) is 4. The molecule has 104 valence electrons. The molecule has 0 radical (unpaired) electrons. The average molecular weight is 284 g/mol. The quantitative estimate of drug-likeness (QED) is 0.832. The lowest BCUT2D eigenvalue weighted by atomic mass is 10.2. The Hall–Kier alpha value is -1.27. The molecule has 19 heavy (non-hydrogen) atoms. The lowest BCUT2D eigenvalue weighted by Crippen LogP contribution is -2.20. The van der Waals surface area contributed by atoms with E-state index in [2.05, 4.69) is 5.32 Å². The molecule has 1 aliphatic rings. The average Bonchev–Trinajstić information content (AvgIpc) is 2.77. The maximum Gasteiger partial charge on any atom is 0.234 e. The van der Waals surface area contributed by atoms with Gasteiger partial charge in [-0.05, 0) is 31.5 Å². The highest BCUT2D eigenvalue weighted by atomic mass is 32.2. The maximum absolute atomic E-state index is 13.1. The van der Waals surface area contributed by atoms with Crippen LogP contribution in [0.15, 0.2) is 18.2 Å². The van der Waals surface area contributed by atoms with E-state index in [4.69, 9.17) is 10.5 Å². The lowest BCUT2D eigenvalue weighted by molar-refractivity contribution is -0.113. The Morgan fingerprint density at radius 1 is 1.63 bits per heavy atom. The van der Waals surface area contributed by atoms with Crippen molar-refractivity contribution in [2.75, 3.05) is 23.4 Å². The molecule has 0 aliphatic carbocycles. The molecule has 1 saturated heterocycles. The Kier molecular flexibility index (Phi) is 4.66. The number of anilines is 2. The third-order valence-electron chi connectivity index (χ3n) is 3.02. The van der Waals surface area contributed by atoms with Gasteiger partial charge in [-0.25, -0.2) is 4.39 Å². The summed E-state index contributed by atoms with van der Waals surface area (Å²) in [4.78, 5) is 11.8. The number of carbonyl (C=O) groups excluding carboxylic acids is 1. The SMILES string of the molecule is CC1OCCC1SCC(=O)Nc1cc(F)ccc1N. The van der Waals surface area contributed by atoms with Crippen LogP contribution in [-0.4, -0.2) is 29.6 Å². The first kappa shape index (κ1) is 14.1. The third-order valence-corrected chi connectivity index (χ3v) is 4.50. The highest BCUT2D eigenvalue weighted by Gasteiger charge is 2.25. The molecule has 2 unspecified atom stereocenters. The second-order valence-corrected chi connectivity index (χ2v) is 5.72. The Morgan fingerprint density at radius 3 is 3.11 bits per heavy atom. The normalized spacial score (nSPS) is 22.4. The maximum atomic E-state index is 13.1. The lowest BCUT2D eigenvalue weighted by Gasteiger charge is -2.13. The van der Waals surface area contributed by atoms with Gasteiger partial charge < -0.3 is 15.8 Å². The van der Waals surface area contributed by atoms with Crippen molar-refractivity contribution in [3.63, 3.8) is 0 Å². The molecule has 2 rings (SSSR count). The standard InChI is InChI=1S/C13H17FN2O2S/c1-8-12(4-5-18-8)19-7-13(17)16-11-6-9(14)2-3-10(11)15/h2-3,6,8,12H,4-5,7,15H2,1H3,(H,16,17). The molecule has 0 spiro atoms. The number of ether oxygens (including phenoxy) is 1. The summed E-state index contributed by atoms with van der Waals surface area (Å²) in [5, 5.41) is 2.97. The Bertz CT molecular complexity index is 470. The zero-order valence-corrected chi connectivity index (χ0v) is 11.5. The van der Waals surface area contributed by atoms with Gasteiger partial charge in [0.25, 0.3) is 0 Å².